The molecule has 112 valence electrons. The standard InChI is InChI=1S/C15H26O3Si2/c1-7-15(8-2)13-14-20(16-9-3,17-10-4)19(11-5,12-6)18-15/h7-8,11-12H,1-2,5-6,9-10,13-14H2,3-4H3. The van der Waals surface area contributed by atoms with E-state index in [1.165, 1.54) is 0 Å². The normalized spacial score (nSPS) is 22.7. The van der Waals surface area contributed by atoms with Crippen molar-refractivity contribution in [1.82, 2.24) is 0 Å². The van der Waals surface area contributed by atoms with Crippen LogP contribution in [-0.2, 0) is 13.3 Å². The van der Waals surface area contributed by atoms with E-state index in [0.29, 0.717) is 13.2 Å². The Hall–Kier alpha value is -0.726. The molecule has 1 saturated heterocycles. The third kappa shape index (κ3) is 2.69. The summed E-state index contributed by atoms with van der Waals surface area (Å²) in [6, 6.07) is 0.844. The summed E-state index contributed by atoms with van der Waals surface area (Å²) in [7, 11) is -5.05. The molecule has 0 atom stereocenters. The van der Waals surface area contributed by atoms with Crippen molar-refractivity contribution in [3.05, 3.63) is 49.9 Å². The highest BCUT2D eigenvalue weighted by Gasteiger charge is 2.64. The molecule has 1 heterocycles. The van der Waals surface area contributed by atoms with E-state index >= 15 is 0 Å². The molecular formula is C15H26O3Si2. The van der Waals surface area contributed by atoms with Gasteiger partial charge in [0.05, 0.1) is 5.60 Å². The van der Waals surface area contributed by atoms with Gasteiger partial charge in [0.1, 0.15) is 0 Å². The highest BCUT2D eigenvalue weighted by atomic mass is 29.3. The molecule has 1 aliphatic rings. The van der Waals surface area contributed by atoms with Gasteiger partial charge >= 0.3 is 8.08 Å². The van der Waals surface area contributed by atoms with Gasteiger partial charge in [0.25, 0.3) is 7.83 Å². The average Bonchev–Trinajstić information content (AvgIpc) is 2.49. The fourth-order valence-electron chi connectivity index (χ4n) is 2.72. The van der Waals surface area contributed by atoms with Gasteiger partial charge in [0.2, 0.25) is 0 Å². The van der Waals surface area contributed by atoms with Crippen molar-refractivity contribution >= 4 is 15.9 Å². The second-order valence-corrected chi connectivity index (χ2v) is 14.6. The van der Waals surface area contributed by atoms with Crippen LogP contribution < -0.4 is 0 Å². The van der Waals surface area contributed by atoms with Crippen LogP contribution in [0.3, 0.4) is 0 Å². The summed E-state index contributed by atoms with van der Waals surface area (Å²) >= 11 is 0. The Labute approximate surface area is 124 Å². The molecule has 0 spiro atoms. The lowest BCUT2D eigenvalue weighted by Crippen LogP contribution is -2.72. The van der Waals surface area contributed by atoms with Crippen LogP contribution in [0.4, 0.5) is 0 Å². The van der Waals surface area contributed by atoms with Crippen molar-refractivity contribution in [3.63, 3.8) is 0 Å². The Morgan fingerprint density at radius 2 is 1.55 bits per heavy atom. The number of hydrogen-bond acceptors (Lipinski definition) is 3. The molecule has 1 aliphatic heterocycles. The third-order valence-electron chi connectivity index (χ3n) is 3.85. The van der Waals surface area contributed by atoms with Crippen LogP contribution in [0.5, 0.6) is 0 Å². The first kappa shape index (κ1) is 17.3. The lowest BCUT2D eigenvalue weighted by Gasteiger charge is -2.50. The molecule has 0 amide bonds. The van der Waals surface area contributed by atoms with E-state index in [-0.39, 0.29) is 0 Å². The monoisotopic (exact) mass is 310 g/mol. The molecule has 0 aromatic carbocycles. The maximum Gasteiger partial charge on any atom is 0.359 e. The lowest BCUT2D eigenvalue weighted by molar-refractivity contribution is 0.118. The van der Waals surface area contributed by atoms with Crippen LogP contribution in [0.25, 0.3) is 0 Å². The van der Waals surface area contributed by atoms with Gasteiger partial charge in [-0.3, -0.25) is 0 Å². The van der Waals surface area contributed by atoms with Crippen molar-refractivity contribution in [2.24, 2.45) is 0 Å². The summed E-state index contributed by atoms with van der Waals surface area (Å²) < 4.78 is 18.7. The van der Waals surface area contributed by atoms with E-state index < -0.39 is 21.5 Å². The summed E-state index contributed by atoms with van der Waals surface area (Å²) in [6.07, 6.45) is 4.40. The summed E-state index contributed by atoms with van der Waals surface area (Å²) in [5, 5.41) is 0. The summed E-state index contributed by atoms with van der Waals surface area (Å²) in [5.74, 6) is 0. The Balaban J connectivity index is 3.32. The SMILES string of the molecule is C=CC1(C=C)CC[Si](OCC)(OCC)[Si](C=C)(C=C)O1. The van der Waals surface area contributed by atoms with Gasteiger partial charge in [0, 0.05) is 13.2 Å². The molecule has 0 saturated carbocycles. The summed E-state index contributed by atoms with van der Waals surface area (Å²) in [4.78, 5) is 0. The molecule has 0 aromatic rings. The first-order valence-electron chi connectivity index (χ1n) is 7.05. The van der Waals surface area contributed by atoms with E-state index in [4.69, 9.17) is 13.3 Å². The minimum absolute atomic E-state index is 0.528. The first-order valence-corrected chi connectivity index (χ1v) is 12.1. The van der Waals surface area contributed by atoms with E-state index in [2.05, 4.69) is 26.3 Å². The largest absolute Gasteiger partial charge is 0.395 e. The van der Waals surface area contributed by atoms with E-state index in [1.807, 2.05) is 37.4 Å². The summed E-state index contributed by atoms with van der Waals surface area (Å²) in [6.45, 7) is 21.0. The average molecular weight is 311 g/mol. The highest BCUT2D eigenvalue weighted by Crippen LogP contribution is 2.42. The van der Waals surface area contributed by atoms with Gasteiger partial charge < -0.3 is 13.3 Å². The summed E-state index contributed by atoms with van der Waals surface area (Å²) in [5.41, 5.74) is 3.25. The highest BCUT2D eigenvalue weighted by molar-refractivity contribution is 7.39. The van der Waals surface area contributed by atoms with E-state index in [1.54, 1.807) is 0 Å². The molecule has 0 unspecified atom stereocenters. The lowest BCUT2D eigenvalue weighted by atomic mass is 10.0. The van der Waals surface area contributed by atoms with Crippen LogP contribution in [0.15, 0.2) is 49.9 Å². The van der Waals surface area contributed by atoms with Gasteiger partial charge in [-0.15, -0.1) is 13.2 Å². The Kier molecular flexibility index (Phi) is 5.91. The fourth-order valence-corrected chi connectivity index (χ4v) is 14.3. The Morgan fingerprint density at radius 1 is 1.05 bits per heavy atom. The molecule has 0 aromatic heterocycles. The van der Waals surface area contributed by atoms with Crippen molar-refractivity contribution in [1.29, 1.82) is 0 Å². The molecule has 1 rings (SSSR count). The number of hydrogen-bond donors (Lipinski definition) is 0. The van der Waals surface area contributed by atoms with Crippen LogP contribution in [0.1, 0.15) is 20.3 Å². The minimum atomic E-state index is -2.55. The van der Waals surface area contributed by atoms with Crippen molar-refractivity contribution in [2.45, 2.75) is 31.9 Å². The maximum atomic E-state index is 6.46. The zero-order valence-corrected chi connectivity index (χ0v) is 14.7. The molecule has 20 heavy (non-hydrogen) atoms. The molecular weight excluding hydrogens is 284 g/mol. The first-order chi connectivity index (χ1) is 9.53. The predicted molar refractivity (Wildman–Crippen MR) is 88.8 cm³/mol. The van der Waals surface area contributed by atoms with Crippen LogP contribution in [0, 0.1) is 0 Å². The zero-order valence-electron chi connectivity index (χ0n) is 12.7. The van der Waals surface area contributed by atoms with E-state index in [9.17, 15) is 0 Å². The van der Waals surface area contributed by atoms with Gasteiger partial charge in [0.15, 0.2) is 0 Å². The van der Waals surface area contributed by atoms with Crippen molar-refractivity contribution in [2.75, 3.05) is 13.2 Å². The predicted octanol–water partition coefficient (Wildman–Crippen LogP) is 3.51. The fraction of sp³-hybridized carbons (Fsp3) is 0.467. The molecule has 0 bridgehead atoms. The van der Waals surface area contributed by atoms with Crippen molar-refractivity contribution < 1.29 is 13.3 Å². The van der Waals surface area contributed by atoms with Gasteiger partial charge in [-0.2, -0.15) is 0 Å². The van der Waals surface area contributed by atoms with E-state index in [0.717, 1.165) is 12.5 Å². The Morgan fingerprint density at radius 3 is 1.90 bits per heavy atom. The Bertz CT molecular complexity index is 371. The van der Waals surface area contributed by atoms with Crippen LogP contribution >= 0.6 is 0 Å². The van der Waals surface area contributed by atoms with Gasteiger partial charge in [-0.25, -0.2) is 0 Å². The van der Waals surface area contributed by atoms with Crippen LogP contribution in [-0.4, -0.2) is 34.7 Å². The van der Waals surface area contributed by atoms with Crippen LogP contribution in [0.2, 0.25) is 6.04 Å². The zero-order chi connectivity index (χ0) is 15.3. The van der Waals surface area contributed by atoms with Gasteiger partial charge in [-0.1, -0.05) is 36.7 Å². The molecule has 0 radical (unpaired) electrons. The molecule has 0 aliphatic carbocycles. The minimum Gasteiger partial charge on any atom is -0.395 e. The molecule has 0 N–H and O–H groups in total. The smallest absolute Gasteiger partial charge is 0.359 e. The topological polar surface area (TPSA) is 27.7 Å². The third-order valence-corrected chi connectivity index (χ3v) is 16.1. The van der Waals surface area contributed by atoms with Gasteiger partial charge in [-0.05, 0) is 26.3 Å². The quantitative estimate of drug-likeness (QED) is 0.507. The second-order valence-electron chi connectivity index (χ2n) is 4.79. The molecule has 5 heteroatoms. The number of rotatable bonds is 8. The molecule has 1 fully saturated rings. The second kappa shape index (κ2) is 6.82. The van der Waals surface area contributed by atoms with Crippen molar-refractivity contribution in [3.8, 4) is 0 Å². The molecule has 3 nitrogen and oxygen atoms in total. The maximum absolute atomic E-state index is 6.46.